The quantitative estimate of drug-likeness (QED) is 0.643. The minimum atomic E-state index is -1.12. The van der Waals surface area contributed by atoms with E-state index < -0.39 is 6.09 Å². The van der Waals surface area contributed by atoms with Gasteiger partial charge in [-0.15, -0.1) is 0 Å². The zero-order chi connectivity index (χ0) is 14.5. The van der Waals surface area contributed by atoms with Crippen LogP contribution in [0.2, 0.25) is 0 Å². The Hall–Kier alpha value is -2.69. The van der Waals surface area contributed by atoms with E-state index in [4.69, 9.17) is 10.8 Å². The maximum Gasteiger partial charge on any atom is 0.409 e. The van der Waals surface area contributed by atoms with Gasteiger partial charge in [-0.25, -0.2) is 4.79 Å². The van der Waals surface area contributed by atoms with Gasteiger partial charge in [-0.05, 0) is 42.3 Å². The van der Waals surface area contributed by atoms with Gasteiger partial charge in [0.2, 0.25) is 0 Å². The van der Waals surface area contributed by atoms with Crippen molar-refractivity contribution >= 4 is 23.2 Å². The van der Waals surface area contributed by atoms with Gasteiger partial charge < -0.3 is 16.2 Å². The van der Waals surface area contributed by atoms with Crippen molar-refractivity contribution in [3.05, 3.63) is 53.6 Å². The van der Waals surface area contributed by atoms with E-state index in [1.165, 1.54) is 5.56 Å². The van der Waals surface area contributed by atoms with Crippen molar-refractivity contribution < 1.29 is 9.90 Å². The topological polar surface area (TPSA) is 87.4 Å². The molecule has 0 saturated carbocycles. The predicted molar refractivity (Wildman–Crippen MR) is 81.0 cm³/mol. The minimum Gasteiger partial charge on any atom is -0.465 e. The predicted octanol–water partition coefficient (Wildman–Crippen LogP) is 3.28. The summed E-state index contributed by atoms with van der Waals surface area (Å²) in [5.41, 5.74) is 9.84. The van der Waals surface area contributed by atoms with Crippen LogP contribution >= 0.6 is 0 Å². The van der Waals surface area contributed by atoms with E-state index in [0.717, 1.165) is 11.3 Å². The number of benzene rings is 2. The number of hydrogen-bond donors (Lipinski definition) is 4. The smallest absolute Gasteiger partial charge is 0.409 e. The van der Waals surface area contributed by atoms with Gasteiger partial charge >= 0.3 is 6.09 Å². The standard InChI is InChI=1S/C15H17N3O2/c1-10-3-2-4-12(7-10)17-9-11-5-6-14(13(16)8-11)18-15(19)20/h2-8,17-18H,9,16H2,1H3,(H,19,20). The molecule has 0 bridgehead atoms. The zero-order valence-electron chi connectivity index (χ0n) is 11.2. The first-order valence-electron chi connectivity index (χ1n) is 6.23. The highest BCUT2D eigenvalue weighted by Crippen LogP contribution is 2.20. The normalized spacial score (nSPS) is 10.1. The Kier molecular flexibility index (Phi) is 4.10. The van der Waals surface area contributed by atoms with Crippen molar-refractivity contribution in [1.29, 1.82) is 0 Å². The van der Waals surface area contributed by atoms with Gasteiger partial charge in [0.25, 0.3) is 0 Å². The molecule has 0 unspecified atom stereocenters. The largest absolute Gasteiger partial charge is 0.465 e. The number of amides is 1. The van der Waals surface area contributed by atoms with Crippen LogP contribution in [-0.2, 0) is 6.54 Å². The molecule has 0 aliphatic rings. The van der Waals surface area contributed by atoms with Gasteiger partial charge in [-0.3, -0.25) is 5.32 Å². The SMILES string of the molecule is Cc1cccc(NCc2ccc(NC(=O)O)c(N)c2)c1. The number of carbonyl (C=O) groups is 1. The summed E-state index contributed by atoms with van der Waals surface area (Å²) in [4.78, 5) is 10.6. The van der Waals surface area contributed by atoms with Crippen molar-refractivity contribution in [2.45, 2.75) is 13.5 Å². The van der Waals surface area contributed by atoms with E-state index in [9.17, 15) is 4.79 Å². The van der Waals surface area contributed by atoms with Crippen molar-refractivity contribution in [3.63, 3.8) is 0 Å². The molecule has 0 aliphatic carbocycles. The van der Waals surface area contributed by atoms with E-state index >= 15 is 0 Å². The molecule has 0 saturated heterocycles. The Morgan fingerprint density at radius 2 is 2.05 bits per heavy atom. The molecule has 104 valence electrons. The van der Waals surface area contributed by atoms with Crippen LogP contribution in [0.4, 0.5) is 21.9 Å². The number of nitrogen functional groups attached to an aromatic ring is 1. The fourth-order valence-electron chi connectivity index (χ4n) is 1.91. The lowest BCUT2D eigenvalue weighted by Crippen LogP contribution is -2.09. The summed E-state index contributed by atoms with van der Waals surface area (Å²) >= 11 is 0. The third-order valence-electron chi connectivity index (χ3n) is 2.87. The third-order valence-corrected chi connectivity index (χ3v) is 2.87. The first-order valence-corrected chi connectivity index (χ1v) is 6.23. The van der Waals surface area contributed by atoms with Crippen LogP contribution in [0.15, 0.2) is 42.5 Å². The highest BCUT2D eigenvalue weighted by Gasteiger charge is 2.04. The van der Waals surface area contributed by atoms with Crippen LogP contribution in [0.1, 0.15) is 11.1 Å². The van der Waals surface area contributed by atoms with Crippen LogP contribution in [0.25, 0.3) is 0 Å². The lowest BCUT2D eigenvalue weighted by Gasteiger charge is -2.10. The fourth-order valence-corrected chi connectivity index (χ4v) is 1.91. The van der Waals surface area contributed by atoms with Crippen molar-refractivity contribution in [3.8, 4) is 0 Å². The first kappa shape index (κ1) is 13.7. The van der Waals surface area contributed by atoms with E-state index in [1.807, 2.05) is 31.2 Å². The van der Waals surface area contributed by atoms with Gasteiger partial charge in [0, 0.05) is 12.2 Å². The average Bonchev–Trinajstić information content (AvgIpc) is 2.39. The highest BCUT2D eigenvalue weighted by atomic mass is 16.4. The van der Waals surface area contributed by atoms with Gasteiger partial charge in [-0.2, -0.15) is 0 Å². The number of rotatable bonds is 4. The molecule has 0 spiro atoms. The van der Waals surface area contributed by atoms with E-state index in [-0.39, 0.29) is 0 Å². The Morgan fingerprint density at radius 1 is 1.25 bits per heavy atom. The molecule has 2 aromatic rings. The number of anilines is 3. The van der Waals surface area contributed by atoms with Crippen molar-refractivity contribution in [2.75, 3.05) is 16.4 Å². The Balaban J connectivity index is 2.03. The van der Waals surface area contributed by atoms with Crippen molar-refractivity contribution in [2.24, 2.45) is 0 Å². The van der Waals surface area contributed by atoms with Crippen LogP contribution in [-0.4, -0.2) is 11.2 Å². The van der Waals surface area contributed by atoms with Gasteiger partial charge in [0.1, 0.15) is 0 Å². The van der Waals surface area contributed by atoms with Crippen LogP contribution in [0.3, 0.4) is 0 Å². The number of carboxylic acid groups (broad SMARTS) is 1. The molecular formula is C15H17N3O2. The second kappa shape index (κ2) is 5.97. The fraction of sp³-hybridized carbons (Fsp3) is 0.133. The van der Waals surface area contributed by atoms with Gasteiger partial charge in [0.05, 0.1) is 11.4 Å². The Labute approximate surface area is 117 Å². The van der Waals surface area contributed by atoms with Crippen molar-refractivity contribution in [1.82, 2.24) is 0 Å². The Bertz CT molecular complexity index is 626. The lowest BCUT2D eigenvalue weighted by atomic mass is 10.1. The van der Waals surface area contributed by atoms with Gasteiger partial charge in [0.15, 0.2) is 0 Å². The van der Waals surface area contributed by atoms with Crippen LogP contribution in [0.5, 0.6) is 0 Å². The molecule has 0 aromatic heterocycles. The molecule has 0 atom stereocenters. The monoisotopic (exact) mass is 271 g/mol. The molecule has 0 fully saturated rings. The average molecular weight is 271 g/mol. The zero-order valence-corrected chi connectivity index (χ0v) is 11.2. The molecule has 5 heteroatoms. The molecule has 5 N–H and O–H groups in total. The molecule has 1 amide bonds. The maximum absolute atomic E-state index is 10.6. The van der Waals surface area contributed by atoms with E-state index in [2.05, 4.69) is 16.7 Å². The number of nitrogens with one attached hydrogen (secondary N) is 2. The van der Waals surface area contributed by atoms with Crippen LogP contribution < -0.4 is 16.4 Å². The summed E-state index contributed by atoms with van der Waals surface area (Å²) in [5, 5.41) is 14.2. The number of hydrogen-bond acceptors (Lipinski definition) is 3. The molecule has 0 radical (unpaired) electrons. The molecule has 0 aliphatic heterocycles. The number of nitrogens with two attached hydrogens (primary N) is 1. The summed E-state index contributed by atoms with van der Waals surface area (Å²) in [5.74, 6) is 0. The second-order valence-electron chi connectivity index (χ2n) is 4.57. The maximum atomic E-state index is 10.6. The molecule has 2 rings (SSSR count). The highest BCUT2D eigenvalue weighted by molar-refractivity contribution is 5.87. The van der Waals surface area contributed by atoms with E-state index in [1.54, 1.807) is 12.1 Å². The third kappa shape index (κ3) is 3.65. The summed E-state index contributed by atoms with van der Waals surface area (Å²) in [7, 11) is 0. The molecule has 0 heterocycles. The summed E-state index contributed by atoms with van der Waals surface area (Å²) in [6.45, 7) is 2.66. The minimum absolute atomic E-state index is 0.400. The first-order chi connectivity index (χ1) is 9.54. The summed E-state index contributed by atoms with van der Waals surface area (Å²) < 4.78 is 0. The van der Waals surface area contributed by atoms with E-state index in [0.29, 0.717) is 17.9 Å². The summed E-state index contributed by atoms with van der Waals surface area (Å²) in [6.07, 6.45) is -1.12. The number of aryl methyl sites for hydroxylation is 1. The molecule has 5 nitrogen and oxygen atoms in total. The molecule has 20 heavy (non-hydrogen) atoms. The lowest BCUT2D eigenvalue weighted by molar-refractivity contribution is 0.210. The molecule has 2 aromatic carbocycles. The van der Waals surface area contributed by atoms with Gasteiger partial charge in [-0.1, -0.05) is 18.2 Å². The Morgan fingerprint density at radius 3 is 2.70 bits per heavy atom. The van der Waals surface area contributed by atoms with Crippen LogP contribution in [0, 0.1) is 6.92 Å². The second-order valence-corrected chi connectivity index (χ2v) is 4.57. The molecular weight excluding hydrogens is 254 g/mol. The summed E-state index contributed by atoms with van der Waals surface area (Å²) in [6, 6.07) is 13.3.